The van der Waals surface area contributed by atoms with Crippen LogP contribution in [-0.4, -0.2) is 0 Å². The second-order valence-electron chi connectivity index (χ2n) is 18.0. The topological polar surface area (TPSA) is 0 Å². The molecule has 0 atom stereocenters. The van der Waals surface area contributed by atoms with E-state index in [0.717, 1.165) is 0 Å². The van der Waals surface area contributed by atoms with Gasteiger partial charge in [0, 0.05) is 5.41 Å². The average molecular weight is 781 g/mol. The van der Waals surface area contributed by atoms with Crippen LogP contribution < -0.4 is 0 Å². The van der Waals surface area contributed by atoms with Gasteiger partial charge in [0.15, 0.2) is 0 Å². The van der Waals surface area contributed by atoms with Gasteiger partial charge in [-0.2, -0.15) is 0 Å². The van der Waals surface area contributed by atoms with Crippen molar-refractivity contribution in [3.05, 3.63) is 215 Å². The molecule has 0 heteroatoms. The average Bonchev–Trinajstić information content (AvgIpc) is 3.72. The number of hydrogen-bond acceptors (Lipinski definition) is 0. The van der Waals surface area contributed by atoms with E-state index in [-0.39, 0.29) is 5.41 Å². The first kappa shape index (κ1) is 37.0. The molecule has 0 nitrogen and oxygen atoms in total. The van der Waals surface area contributed by atoms with Crippen LogP contribution in [0.5, 0.6) is 0 Å². The fourth-order valence-corrected chi connectivity index (χ4v) is 10.4. The number of aryl methyl sites for hydroxylation is 4. The van der Waals surface area contributed by atoms with E-state index in [1.54, 1.807) is 0 Å². The van der Waals surface area contributed by atoms with E-state index in [1.165, 1.54) is 132 Å². The van der Waals surface area contributed by atoms with Gasteiger partial charge in [-0.25, -0.2) is 0 Å². The Bertz CT molecular complexity index is 3240. The normalized spacial score (nSPS) is 12.9. The Hall–Kier alpha value is -7.02. The van der Waals surface area contributed by atoms with E-state index < -0.39 is 0 Å². The minimum absolute atomic E-state index is 0.142. The predicted molar refractivity (Wildman–Crippen MR) is 263 cm³/mol. The first-order valence-electron chi connectivity index (χ1n) is 21.7. The molecule has 0 aliphatic heterocycles. The van der Waals surface area contributed by atoms with Gasteiger partial charge in [-0.3, -0.25) is 0 Å². The highest BCUT2D eigenvalue weighted by molar-refractivity contribution is 6.28. The third kappa shape index (κ3) is 5.88. The van der Waals surface area contributed by atoms with Gasteiger partial charge in [0.25, 0.3) is 0 Å². The van der Waals surface area contributed by atoms with E-state index in [0.29, 0.717) is 0 Å². The summed E-state index contributed by atoms with van der Waals surface area (Å²) in [4.78, 5) is 0. The van der Waals surface area contributed by atoms with Gasteiger partial charge < -0.3 is 0 Å². The van der Waals surface area contributed by atoms with E-state index >= 15 is 0 Å². The molecule has 0 radical (unpaired) electrons. The van der Waals surface area contributed by atoms with Crippen molar-refractivity contribution >= 4 is 32.3 Å². The maximum absolute atomic E-state index is 2.38. The van der Waals surface area contributed by atoms with Gasteiger partial charge in [-0.1, -0.05) is 212 Å². The van der Waals surface area contributed by atoms with Gasteiger partial charge in [0.1, 0.15) is 0 Å². The molecule has 0 bridgehead atoms. The molecule has 0 unspecified atom stereocenters. The Morgan fingerprint density at radius 2 is 0.738 bits per heavy atom. The maximum Gasteiger partial charge on any atom is 0.0159 e. The van der Waals surface area contributed by atoms with Crippen LogP contribution in [0.3, 0.4) is 0 Å². The Balaban J connectivity index is 0.000000207. The van der Waals surface area contributed by atoms with Crippen LogP contribution in [0.1, 0.15) is 47.2 Å². The van der Waals surface area contributed by atoms with Crippen LogP contribution in [-0.2, 0) is 5.41 Å². The van der Waals surface area contributed by atoms with Gasteiger partial charge in [0.2, 0.25) is 0 Å². The summed E-state index contributed by atoms with van der Waals surface area (Å²) in [6.45, 7) is 13.3. The summed E-state index contributed by atoms with van der Waals surface area (Å²) in [5.41, 5.74) is 24.2. The molecule has 61 heavy (non-hydrogen) atoms. The SMILES string of the molecule is Cc1ccc(-c2c3c(c(-c4ccc(C)cc4)c4ccccc24)-c2ccc(-c4ccc5ccccc5c4)c4cccc-3c24)cc1.Cc1ccc2c(c1)C(C)(C)c1cc(C)ccc1-2. The molecule has 0 fully saturated rings. The van der Waals surface area contributed by atoms with Gasteiger partial charge >= 0.3 is 0 Å². The van der Waals surface area contributed by atoms with Crippen LogP contribution in [0.4, 0.5) is 0 Å². The predicted octanol–water partition coefficient (Wildman–Crippen LogP) is 17.0. The van der Waals surface area contributed by atoms with Gasteiger partial charge in [-0.05, 0) is 144 Å². The van der Waals surface area contributed by atoms with Crippen molar-refractivity contribution in [3.8, 4) is 66.8 Å². The molecule has 12 rings (SSSR count). The lowest BCUT2D eigenvalue weighted by molar-refractivity contribution is 0.659. The van der Waals surface area contributed by atoms with Crippen molar-refractivity contribution < 1.29 is 0 Å². The summed E-state index contributed by atoms with van der Waals surface area (Å²) < 4.78 is 0. The Labute approximate surface area is 359 Å². The van der Waals surface area contributed by atoms with Crippen LogP contribution in [0.2, 0.25) is 0 Å². The molecule has 10 aromatic carbocycles. The summed E-state index contributed by atoms with van der Waals surface area (Å²) >= 11 is 0. The Morgan fingerprint density at radius 3 is 1.31 bits per heavy atom. The molecule has 0 spiro atoms. The van der Waals surface area contributed by atoms with E-state index in [2.05, 4.69) is 224 Å². The molecule has 10 aromatic rings. The second-order valence-corrected chi connectivity index (χ2v) is 18.0. The van der Waals surface area contributed by atoms with Crippen LogP contribution in [0, 0.1) is 27.7 Å². The Kier molecular flexibility index (Phi) is 8.52. The molecular weight excluding hydrogens is 733 g/mol. The van der Waals surface area contributed by atoms with E-state index in [4.69, 9.17) is 0 Å². The highest BCUT2D eigenvalue weighted by Gasteiger charge is 2.35. The zero-order valence-electron chi connectivity index (χ0n) is 35.8. The lowest BCUT2D eigenvalue weighted by Crippen LogP contribution is -2.15. The fourth-order valence-electron chi connectivity index (χ4n) is 10.4. The van der Waals surface area contributed by atoms with Crippen LogP contribution in [0.25, 0.3) is 99.1 Å². The highest BCUT2D eigenvalue weighted by atomic mass is 14.4. The lowest BCUT2D eigenvalue weighted by Gasteiger charge is -2.22. The van der Waals surface area contributed by atoms with Crippen molar-refractivity contribution in [2.45, 2.75) is 47.0 Å². The molecule has 0 saturated carbocycles. The summed E-state index contributed by atoms with van der Waals surface area (Å²) in [5, 5.41) is 7.79. The standard InChI is InChI=1S/C44H30.C17H18/c1-27-14-18-30(19-15-27)40-36-10-5-6-11-37(36)41(31-20-16-28(2)17-21-31)44-39-25-24-34(35-12-7-13-38(42(35)39)43(40)44)33-23-22-29-8-3-4-9-32(29)26-33;1-11-5-7-13-14-8-6-12(2)10-16(14)17(3,4)15(13)9-11/h3-26H,1-2H3;5-10H,1-4H3. The van der Waals surface area contributed by atoms with Crippen molar-refractivity contribution in [2.24, 2.45) is 0 Å². The summed E-state index contributed by atoms with van der Waals surface area (Å²) in [5.74, 6) is 0. The molecule has 292 valence electrons. The summed E-state index contributed by atoms with van der Waals surface area (Å²) in [6, 6.07) is 67.9. The summed E-state index contributed by atoms with van der Waals surface area (Å²) in [6.07, 6.45) is 0. The first-order chi connectivity index (χ1) is 29.7. The lowest BCUT2D eigenvalue weighted by atomic mass is 9.81. The third-order valence-electron chi connectivity index (χ3n) is 13.5. The number of benzene rings is 10. The van der Waals surface area contributed by atoms with Crippen molar-refractivity contribution in [3.63, 3.8) is 0 Å². The van der Waals surface area contributed by atoms with Crippen molar-refractivity contribution in [1.82, 2.24) is 0 Å². The van der Waals surface area contributed by atoms with Crippen molar-refractivity contribution in [1.29, 1.82) is 0 Å². The van der Waals surface area contributed by atoms with E-state index in [9.17, 15) is 0 Å². The quantitative estimate of drug-likeness (QED) is 0.168. The number of fused-ring (bicyclic) bond motifs is 8. The zero-order chi connectivity index (χ0) is 41.6. The monoisotopic (exact) mass is 780 g/mol. The minimum Gasteiger partial charge on any atom is -0.0616 e. The Morgan fingerprint density at radius 1 is 0.295 bits per heavy atom. The largest absolute Gasteiger partial charge is 0.0616 e. The number of hydrogen-bond donors (Lipinski definition) is 0. The van der Waals surface area contributed by atoms with Crippen LogP contribution in [0.15, 0.2) is 182 Å². The zero-order valence-corrected chi connectivity index (χ0v) is 35.8. The molecule has 0 saturated heterocycles. The molecule has 0 heterocycles. The number of rotatable bonds is 3. The van der Waals surface area contributed by atoms with Gasteiger partial charge in [-0.15, -0.1) is 0 Å². The second kappa shape index (κ2) is 14.0. The van der Waals surface area contributed by atoms with Crippen LogP contribution >= 0.6 is 0 Å². The fraction of sp³-hybridized carbons (Fsp3) is 0.115. The summed E-state index contributed by atoms with van der Waals surface area (Å²) in [7, 11) is 0. The van der Waals surface area contributed by atoms with E-state index in [1.807, 2.05) is 0 Å². The van der Waals surface area contributed by atoms with Crippen molar-refractivity contribution in [2.75, 3.05) is 0 Å². The molecular formula is C61H48. The molecule has 2 aliphatic rings. The highest BCUT2D eigenvalue weighted by Crippen LogP contribution is 2.58. The first-order valence-corrected chi connectivity index (χ1v) is 21.7. The van der Waals surface area contributed by atoms with Gasteiger partial charge in [0.05, 0.1) is 0 Å². The molecule has 0 N–H and O–H groups in total. The molecule has 0 amide bonds. The molecule has 0 aromatic heterocycles. The maximum atomic E-state index is 2.38. The minimum atomic E-state index is 0.142. The smallest absolute Gasteiger partial charge is 0.0159 e. The molecule has 2 aliphatic carbocycles. The third-order valence-corrected chi connectivity index (χ3v) is 13.5.